The molecular formula is C26H21N3OS. The van der Waals surface area contributed by atoms with Crippen molar-refractivity contribution in [3.8, 4) is 11.3 Å². The Morgan fingerprint density at radius 2 is 1.68 bits per heavy atom. The first-order valence-corrected chi connectivity index (χ1v) is 11.0. The van der Waals surface area contributed by atoms with Gasteiger partial charge in [0.1, 0.15) is 0 Å². The second kappa shape index (κ2) is 7.60. The fourth-order valence-electron chi connectivity index (χ4n) is 3.66. The Morgan fingerprint density at radius 3 is 2.52 bits per heavy atom. The SMILES string of the molecule is Cc1ccc2nc(NC(=O)c3cc(-c4ccc(C)c(C)c4)nc4ccccc34)sc2c1. The molecular weight excluding hydrogens is 402 g/mol. The lowest BCUT2D eigenvalue weighted by Gasteiger charge is -2.11. The predicted octanol–water partition coefficient (Wildman–Crippen LogP) is 6.69. The van der Waals surface area contributed by atoms with Gasteiger partial charge < -0.3 is 0 Å². The van der Waals surface area contributed by atoms with Crippen LogP contribution in [0.5, 0.6) is 0 Å². The van der Waals surface area contributed by atoms with E-state index >= 15 is 0 Å². The molecule has 31 heavy (non-hydrogen) atoms. The molecule has 5 aromatic rings. The predicted molar refractivity (Wildman–Crippen MR) is 129 cm³/mol. The third kappa shape index (κ3) is 3.68. The number of nitrogens with zero attached hydrogens (tertiary/aromatic N) is 2. The summed E-state index contributed by atoms with van der Waals surface area (Å²) < 4.78 is 1.06. The molecule has 5 rings (SSSR count). The van der Waals surface area contributed by atoms with E-state index in [4.69, 9.17) is 4.98 Å². The number of amides is 1. The molecule has 0 saturated heterocycles. The van der Waals surface area contributed by atoms with Crippen molar-refractivity contribution in [2.24, 2.45) is 0 Å². The van der Waals surface area contributed by atoms with E-state index in [1.165, 1.54) is 28.0 Å². The number of carbonyl (C=O) groups excluding carboxylic acids is 1. The molecule has 0 aliphatic carbocycles. The van der Waals surface area contributed by atoms with Crippen molar-refractivity contribution in [2.75, 3.05) is 5.32 Å². The molecule has 2 aromatic heterocycles. The summed E-state index contributed by atoms with van der Waals surface area (Å²) in [5.74, 6) is -0.181. The maximum atomic E-state index is 13.3. The molecule has 1 amide bonds. The van der Waals surface area contributed by atoms with Crippen LogP contribution in [0.2, 0.25) is 0 Å². The Labute approximate surface area is 184 Å². The summed E-state index contributed by atoms with van der Waals surface area (Å²) >= 11 is 1.49. The number of nitrogens with one attached hydrogen (secondary N) is 1. The number of aryl methyl sites for hydroxylation is 3. The van der Waals surface area contributed by atoms with Gasteiger partial charge in [0.15, 0.2) is 5.13 Å². The molecule has 3 aromatic carbocycles. The zero-order chi connectivity index (χ0) is 21.5. The summed E-state index contributed by atoms with van der Waals surface area (Å²) in [6.07, 6.45) is 0. The van der Waals surface area contributed by atoms with Crippen LogP contribution in [0.3, 0.4) is 0 Å². The minimum Gasteiger partial charge on any atom is -0.298 e. The smallest absolute Gasteiger partial charge is 0.258 e. The van der Waals surface area contributed by atoms with E-state index in [-0.39, 0.29) is 5.91 Å². The average molecular weight is 424 g/mol. The van der Waals surface area contributed by atoms with Crippen molar-refractivity contribution in [2.45, 2.75) is 20.8 Å². The number of hydrogen-bond acceptors (Lipinski definition) is 4. The van der Waals surface area contributed by atoms with Gasteiger partial charge in [0, 0.05) is 10.9 Å². The van der Waals surface area contributed by atoms with E-state index in [0.29, 0.717) is 10.7 Å². The standard InChI is InChI=1S/C26H21N3OS/c1-15-8-11-22-24(12-15)31-26(28-22)29-25(30)20-14-23(18-10-9-16(2)17(3)13-18)27-21-7-5-4-6-19(20)21/h4-14H,1-3H3,(H,28,29,30). The number of benzene rings is 3. The molecule has 0 aliphatic heterocycles. The Bertz CT molecular complexity index is 1470. The number of pyridine rings is 1. The summed E-state index contributed by atoms with van der Waals surface area (Å²) in [6, 6.07) is 22.0. The summed E-state index contributed by atoms with van der Waals surface area (Å²) in [5.41, 5.74) is 7.66. The summed E-state index contributed by atoms with van der Waals surface area (Å²) in [6.45, 7) is 6.22. The van der Waals surface area contributed by atoms with Gasteiger partial charge in [-0.2, -0.15) is 0 Å². The number of aromatic nitrogens is 2. The molecule has 152 valence electrons. The second-order valence-electron chi connectivity index (χ2n) is 7.82. The van der Waals surface area contributed by atoms with Crippen molar-refractivity contribution in [1.29, 1.82) is 0 Å². The molecule has 0 radical (unpaired) electrons. The van der Waals surface area contributed by atoms with Crippen LogP contribution in [0.15, 0.2) is 66.7 Å². The van der Waals surface area contributed by atoms with Crippen LogP contribution in [-0.2, 0) is 0 Å². The molecule has 0 atom stereocenters. The van der Waals surface area contributed by atoms with Crippen molar-refractivity contribution in [3.05, 3.63) is 89.0 Å². The van der Waals surface area contributed by atoms with E-state index < -0.39 is 0 Å². The van der Waals surface area contributed by atoms with Gasteiger partial charge in [0.2, 0.25) is 0 Å². The van der Waals surface area contributed by atoms with E-state index in [0.717, 1.165) is 32.4 Å². The first-order valence-electron chi connectivity index (χ1n) is 10.1. The second-order valence-corrected chi connectivity index (χ2v) is 8.85. The van der Waals surface area contributed by atoms with Gasteiger partial charge in [-0.05, 0) is 67.8 Å². The zero-order valence-electron chi connectivity index (χ0n) is 17.6. The van der Waals surface area contributed by atoms with Crippen molar-refractivity contribution in [1.82, 2.24) is 9.97 Å². The number of carbonyl (C=O) groups is 1. The number of hydrogen-bond donors (Lipinski definition) is 1. The van der Waals surface area contributed by atoms with Gasteiger partial charge in [0.25, 0.3) is 5.91 Å². The van der Waals surface area contributed by atoms with E-state index in [1.54, 1.807) is 0 Å². The maximum Gasteiger partial charge on any atom is 0.258 e. The van der Waals surface area contributed by atoms with Gasteiger partial charge in [-0.3, -0.25) is 10.1 Å². The van der Waals surface area contributed by atoms with Gasteiger partial charge in [-0.25, -0.2) is 9.97 Å². The molecule has 0 unspecified atom stereocenters. The van der Waals surface area contributed by atoms with Crippen LogP contribution in [0.25, 0.3) is 32.4 Å². The van der Waals surface area contributed by atoms with Crippen LogP contribution < -0.4 is 5.32 Å². The topological polar surface area (TPSA) is 54.9 Å². The summed E-state index contributed by atoms with van der Waals surface area (Å²) in [7, 11) is 0. The highest BCUT2D eigenvalue weighted by Crippen LogP contribution is 2.29. The summed E-state index contributed by atoms with van der Waals surface area (Å²) in [5, 5.41) is 4.42. The van der Waals surface area contributed by atoms with Gasteiger partial charge >= 0.3 is 0 Å². The normalized spacial score (nSPS) is 11.2. The minimum absolute atomic E-state index is 0.181. The largest absolute Gasteiger partial charge is 0.298 e. The Kier molecular flexibility index (Phi) is 4.75. The van der Waals surface area contributed by atoms with Crippen molar-refractivity contribution < 1.29 is 4.79 Å². The van der Waals surface area contributed by atoms with E-state index in [9.17, 15) is 4.79 Å². The maximum absolute atomic E-state index is 13.3. The Hall–Kier alpha value is -3.57. The van der Waals surface area contributed by atoms with Crippen LogP contribution >= 0.6 is 11.3 Å². The first-order chi connectivity index (χ1) is 15.0. The number of rotatable bonds is 3. The highest BCUT2D eigenvalue weighted by atomic mass is 32.1. The molecule has 4 nitrogen and oxygen atoms in total. The molecule has 0 spiro atoms. The Morgan fingerprint density at radius 1 is 0.839 bits per heavy atom. The van der Waals surface area contributed by atoms with Crippen LogP contribution in [0.4, 0.5) is 5.13 Å². The number of fused-ring (bicyclic) bond motifs is 2. The first kappa shape index (κ1) is 19.4. The monoisotopic (exact) mass is 423 g/mol. The number of anilines is 1. The van der Waals surface area contributed by atoms with Crippen molar-refractivity contribution >= 4 is 43.5 Å². The quantitative estimate of drug-likeness (QED) is 0.352. The van der Waals surface area contributed by atoms with Gasteiger partial charge in [0.05, 0.1) is 27.0 Å². The van der Waals surface area contributed by atoms with Crippen LogP contribution in [0, 0.1) is 20.8 Å². The van der Waals surface area contributed by atoms with Crippen LogP contribution in [-0.4, -0.2) is 15.9 Å². The van der Waals surface area contributed by atoms with Crippen molar-refractivity contribution in [3.63, 3.8) is 0 Å². The molecule has 0 fully saturated rings. The van der Waals surface area contributed by atoms with E-state index in [2.05, 4.69) is 55.3 Å². The molecule has 0 bridgehead atoms. The minimum atomic E-state index is -0.181. The van der Waals surface area contributed by atoms with E-state index in [1.807, 2.05) is 42.5 Å². The fourth-order valence-corrected chi connectivity index (χ4v) is 4.62. The van der Waals surface area contributed by atoms with Gasteiger partial charge in [-0.1, -0.05) is 47.7 Å². The highest BCUT2D eigenvalue weighted by Gasteiger charge is 2.16. The lowest BCUT2D eigenvalue weighted by atomic mass is 10.0. The third-order valence-corrected chi connectivity index (χ3v) is 6.46. The molecule has 1 N–H and O–H groups in total. The molecule has 0 aliphatic rings. The fraction of sp³-hybridized carbons (Fsp3) is 0.115. The lowest BCUT2D eigenvalue weighted by molar-refractivity contribution is 0.102. The third-order valence-electron chi connectivity index (χ3n) is 5.53. The number of thiazole rings is 1. The molecule has 5 heteroatoms. The molecule has 0 saturated carbocycles. The lowest BCUT2D eigenvalue weighted by Crippen LogP contribution is -2.13. The average Bonchev–Trinajstić information content (AvgIpc) is 3.16. The van der Waals surface area contributed by atoms with Crippen LogP contribution in [0.1, 0.15) is 27.0 Å². The highest BCUT2D eigenvalue weighted by molar-refractivity contribution is 7.22. The summed E-state index contributed by atoms with van der Waals surface area (Å²) in [4.78, 5) is 22.7. The number of para-hydroxylation sites is 1. The zero-order valence-corrected chi connectivity index (χ0v) is 18.4. The molecule has 2 heterocycles. The Balaban J connectivity index is 1.58. The van der Waals surface area contributed by atoms with Gasteiger partial charge in [-0.15, -0.1) is 0 Å².